The highest BCUT2D eigenvalue weighted by molar-refractivity contribution is 6.02. The fourth-order valence-corrected chi connectivity index (χ4v) is 3.95. The quantitative estimate of drug-likeness (QED) is 0.760. The zero-order valence-electron chi connectivity index (χ0n) is 16.8. The summed E-state index contributed by atoms with van der Waals surface area (Å²) in [7, 11) is 0. The molecule has 0 unspecified atom stereocenters. The molecule has 1 amide bonds. The number of piperazine rings is 1. The molecule has 1 aliphatic heterocycles. The van der Waals surface area contributed by atoms with Gasteiger partial charge in [0.25, 0.3) is 0 Å². The normalized spacial score (nSPS) is 17.4. The molecule has 1 saturated heterocycles. The van der Waals surface area contributed by atoms with Crippen molar-refractivity contribution in [1.29, 1.82) is 0 Å². The Morgan fingerprint density at radius 2 is 1.80 bits per heavy atom. The van der Waals surface area contributed by atoms with E-state index < -0.39 is 5.97 Å². The van der Waals surface area contributed by atoms with Crippen molar-refractivity contribution in [1.82, 2.24) is 4.90 Å². The lowest BCUT2D eigenvalue weighted by Crippen LogP contribution is -2.46. The number of carboxylic acids is 1. The van der Waals surface area contributed by atoms with Crippen LogP contribution in [-0.4, -0.2) is 48.1 Å². The Labute approximate surface area is 175 Å². The number of benzene rings is 2. The zero-order valence-corrected chi connectivity index (χ0v) is 16.8. The monoisotopic (exact) mass is 411 g/mol. The van der Waals surface area contributed by atoms with Crippen molar-refractivity contribution in [2.75, 3.05) is 36.4 Å². The van der Waals surface area contributed by atoms with Crippen molar-refractivity contribution in [2.24, 2.45) is 5.92 Å². The molecule has 2 aliphatic rings. The standard InChI is InChI=1S/C23H26FN3O3/c24-20-7-2-1-4-17(20)15-26-10-12-27(13-11-26)18-8-9-21(19(14-18)23(29)30)25-22(28)16-5-3-6-16/h1-2,4,7-9,14,16H,3,5-6,10-13,15H2,(H,25,28)(H,29,30). The number of halogens is 1. The molecule has 4 rings (SSSR count). The molecule has 7 heteroatoms. The zero-order chi connectivity index (χ0) is 21.1. The van der Waals surface area contributed by atoms with E-state index in [1.165, 1.54) is 6.07 Å². The van der Waals surface area contributed by atoms with E-state index in [0.29, 0.717) is 17.8 Å². The number of amides is 1. The summed E-state index contributed by atoms with van der Waals surface area (Å²) in [4.78, 5) is 28.3. The first-order valence-corrected chi connectivity index (χ1v) is 10.4. The van der Waals surface area contributed by atoms with Crippen molar-refractivity contribution in [3.63, 3.8) is 0 Å². The molecule has 0 radical (unpaired) electrons. The van der Waals surface area contributed by atoms with E-state index in [2.05, 4.69) is 15.1 Å². The van der Waals surface area contributed by atoms with Crippen LogP contribution in [0.1, 0.15) is 35.2 Å². The smallest absolute Gasteiger partial charge is 0.337 e. The van der Waals surface area contributed by atoms with Crippen LogP contribution in [0.5, 0.6) is 0 Å². The molecule has 2 N–H and O–H groups in total. The van der Waals surface area contributed by atoms with E-state index in [1.54, 1.807) is 24.3 Å². The first-order valence-electron chi connectivity index (χ1n) is 10.4. The summed E-state index contributed by atoms with van der Waals surface area (Å²) in [5.74, 6) is -1.35. The summed E-state index contributed by atoms with van der Waals surface area (Å²) in [6.45, 7) is 3.53. The largest absolute Gasteiger partial charge is 0.478 e. The maximum Gasteiger partial charge on any atom is 0.337 e. The molecule has 158 valence electrons. The van der Waals surface area contributed by atoms with E-state index in [0.717, 1.165) is 51.1 Å². The number of nitrogens with one attached hydrogen (secondary N) is 1. The third-order valence-corrected chi connectivity index (χ3v) is 6.06. The molecule has 0 atom stereocenters. The van der Waals surface area contributed by atoms with Gasteiger partial charge in [-0.05, 0) is 37.1 Å². The second kappa shape index (κ2) is 8.83. The number of carboxylic acid groups (broad SMARTS) is 1. The number of carbonyl (C=O) groups is 2. The molecule has 0 aromatic heterocycles. The Hall–Kier alpha value is -2.93. The Balaban J connectivity index is 1.40. The molecule has 1 heterocycles. The summed E-state index contributed by atoms with van der Waals surface area (Å²) in [5.41, 5.74) is 1.96. The van der Waals surface area contributed by atoms with Crippen molar-refractivity contribution in [2.45, 2.75) is 25.8 Å². The number of nitrogens with zero attached hydrogens (tertiary/aromatic N) is 2. The summed E-state index contributed by atoms with van der Waals surface area (Å²) in [6.07, 6.45) is 2.78. The van der Waals surface area contributed by atoms with Crippen molar-refractivity contribution in [3.8, 4) is 0 Å². The van der Waals surface area contributed by atoms with Crippen LogP contribution in [0.4, 0.5) is 15.8 Å². The lowest BCUT2D eigenvalue weighted by atomic mass is 9.85. The number of rotatable bonds is 6. The molecule has 1 aliphatic carbocycles. The van der Waals surface area contributed by atoms with Crippen molar-refractivity contribution < 1.29 is 19.1 Å². The van der Waals surface area contributed by atoms with E-state index in [1.807, 2.05) is 12.1 Å². The Morgan fingerprint density at radius 1 is 1.07 bits per heavy atom. The van der Waals surface area contributed by atoms with Gasteiger partial charge in [0.05, 0.1) is 11.3 Å². The van der Waals surface area contributed by atoms with E-state index in [4.69, 9.17) is 0 Å². The summed E-state index contributed by atoms with van der Waals surface area (Å²) in [5, 5.41) is 12.4. The van der Waals surface area contributed by atoms with Gasteiger partial charge in [-0.3, -0.25) is 9.69 Å². The van der Waals surface area contributed by atoms with Crippen LogP contribution in [0.3, 0.4) is 0 Å². The number of hydrogen-bond acceptors (Lipinski definition) is 4. The number of hydrogen-bond donors (Lipinski definition) is 2. The second-order valence-electron chi connectivity index (χ2n) is 8.01. The first kappa shape index (κ1) is 20.3. The molecule has 2 fully saturated rings. The van der Waals surface area contributed by atoms with Gasteiger partial charge in [-0.1, -0.05) is 24.6 Å². The molecule has 6 nitrogen and oxygen atoms in total. The van der Waals surface area contributed by atoms with E-state index in [-0.39, 0.29) is 23.2 Å². The average Bonchev–Trinajstić information content (AvgIpc) is 2.69. The Morgan fingerprint density at radius 3 is 2.43 bits per heavy atom. The molecular formula is C23H26FN3O3. The lowest BCUT2D eigenvalue weighted by molar-refractivity contribution is -0.122. The van der Waals surface area contributed by atoms with Gasteiger partial charge in [0.15, 0.2) is 0 Å². The summed E-state index contributed by atoms with van der Waals surface area (Å²) >= 11 is 0. The van der Waals surface area contributed by atoms with Crippen molar-refractivity contribution in [3.05, 3.63) is 59.4 Å². The van der Waals surface area contributed by atoms with Crippen LogP contribution in [0, 0.1) is 11.7 Å². The molecule has 0 bridgehead atoms. The highest BCUT2D eigenvalue weighted by Crippen LogP contribution is 2.30. The highest BCUT2D eigenvalue weighted by Gasteiger charge is 2.27. The minimum Gasteiger partial charge on any atom is -0.478 e. The summed E-state index contributed by atoms with van der Waals surface area (Å²) in [6, 6.07) is 12.0. The minimum absolute atomic E-state index is 0.00569. The number of carbonyl (C=O) groups excluding carboxylic acids is 1. The van der Waals surface area contributed by atoms with Crippen LogP contribution in [0.25, 0.3) is 0 Å². The van der Waals surface area contributed by atoms with Gasteiger partial charge >= 0.3 is 5.97 Å². The van der Waals surface area contributed by atoms with Crippen LogP contribution < -0.4 is 10.2 Å². The number of aromatic carboxylic acids is 1. The van der Waals surface area contributed by atoms with Gasteiger partial charge in [-0.2, -0.15) is 0 Å². The van der Waals surface area contributed by atoms with Crippen LogP contribution >= 0.6 is 0 Å². The fraction of sp³-hybridized carbons (Fsp3) is 0.391. The van der Waals surface area contributed by atoms with Gasteiger partial charge in [0.1, 0.15) is 5.82 Å². The Kier molecular flexibility index (Phi) is 5.99. The molecule has 1 saturated carbocycles. The minimum atomic E-state index is -1.06. The van der Waals surface area contributed by atoms with Crippen molar-refractivity contribution >= 4 is 23.3 Å². The second-order valence-corrected chi connectivity index (χ2v) is 8.01. The van der Waals surface area contributed by atoms with Crippen LogP contribution in [0.15, 0.2) is 42.5 Å². The highest BCUT2D eigenvalue weighted by atomic mass is 19.1. The fourth-order valence-electron chi connectivity index (χ4n) is 3.95. The average molecular weight is 411 g/mol. The maximum absolute atomic E-state index is 13.9. The van der Waals surface area contributed by atoms with Gasteiger partial charge in [-0.25, -0.2) is 9.18 Å². The van der Waals surface area contributed by atoms with Crippen LogP contribution in [-0.2, 0) is 11.3 Å². The third-order valence-electron chi connectivity index (χ3n) is 6.06. The summed E-state index contributed by atoms with van der Waals surface area (Å²) < 4.78 is 13.9. The predicted molar refractivity (Wildman–Crippen MR) is 113 cm³/mol. The first-order chi connectivity index (χ1) is 14.5. The Bertz CT molecular complexity index is 937. The van der Waals surface area contributed by atoms with Gasteiger partial charge < -0.3 is 15.3 Å². The SMILES string of the molecule is O=C(O)c1cc(N2CCN(Cc3ccccc3F)CC2)ccc1NC(=O)C1CCC1. The van der Waals surface area contributed by atoms with Crippen LogP contribution in [0.2, 0.25) is 0 Å². The number of anilines is 2. The molecule has 2 aromatic carbocycles. The maximum atomic E-state index is 13.9. The molecule has 0 spiro atoms. The molecule has 2 aromatic rings. The van der Waals surface area contributed by atoms with Gasteiger partial charge in [-0.15, -0.1) is 0 Å². The molecule has 30 heavy (non-hydrogen) atoms. The molecular weight excluding hydrogens is 385 g/mol. The van der Waals surface area contributed by atoms with E-state index >= 15 is 0 Å². The predicted octanol–water partition coefficient (Wildman–Crippen LogP) is 3.58. The van der Waals surface area contributed by atoms with Gasteiger partial charge in [0, 0.05) is 49.9 Å². The van der Waals surface area contributed by atoms with E-state index in [9.17, 15) is 19.1 Å². The lowest BCUT2D eigenvalue weighted by Gasteiger charge is -2.36. The topological polar surface area (TPSA) is 72.9 Å². The van der Waals surface area contributed by atoms with Gasteiger partial charge in [0.2, 0.25) is 5.91 Å². The third kappa shape index (κ3) is 4.46.